The van der Waals surface area contributed by atoms with Crippen LogP contribution in [0.4, 0.5) is 5.82 Å². The van der Waals surface area contributed by atoms with Crippen molar-refractivity contribution < 1.29 is 4.74 Å². The molecule has 1 aliphatic rings. The molecular weight excluding hydrogens is 362 g/mol. The van der Waals surface area contributed by atoms with Crippen molar-refractivity contribution in [3.8, 4) is 5.75 Å². The predicted octanol–water partition coefficient (Wildman–Crippen LogP) is 3.30. The first-order valence-corrected chi connectivity index (χ1v) is 10.5. The van der Waals surface area contributed by atoms with Gasteiger partial charge in [-0.1, -0.05) is 18.2 Å². The largest absolute Gasteiger partial charge is 0.496 e. The number of nitrogens with zero attached hydrogens (tertiary/aromatic N) is 3. The number of aryl methyl sites for hydroxylation is 1. The second-order valence-corrected chi connectivity index (χ2v) is 7.39. The molecule has 3 rings (SSSR count). The van der Waals surface area contributed by atoms with Crippen LogP contribution in [-0.4, -0.2) is 44.2 Å². The number of aliphatic imine (C=N–C) groups is 1. The zero-order chi connectivity index (χ0) is 20.5. The molecule has 6 heteroatoms. The third-order valence-corrected chi connectivity index (χ3v) is 5.18. The van der Waals surface area contributed by atoms with Crippen LogP contribution in [0.25, 0.3) is 0 Å². The summed E-state index contributed by atoms with van der Waals surface area (Å²) >= 11 is 0. The van der Waals surface area contributed by atoms with E-state index in [0.717, 1.165) is 61.3 Å². The Bertz CT molecular complexity index is 797. The first kappa shape index (κ1) is 21.0. The molecule has 1 aromatic carbocycles. The van der Waals surface area contributed by atoms with Gasteiger partial charge in [-0.05, 0) is 61.9 Å². The highest BCUT2D eigenvalue weighted by Crippen LogP contribution is 2.19. The van der Waals surface area contributed by atoms with Gasteiger partial charge in [0.2, 0.25) is 0 Å². The van der Waals surface area contributed by atoms with E-state index in [2.05, 4.69) is 64.7 Å². The smallest absolute Gasteiger partial charge is 0.191 e. The van der Waals surface area contributed by atoms with E-state index in [0.29, 0.717) is 6.54 Å². The van der Waals surface area contributed by atoms with E-state index in [1.165, 1.54) is 18.4 Å². The normalized spacial score (nSPS) is 14.2. The minimum absolute atomic E-state index is 0.612. The Labute approximate surface area is 174 Å². The highest BCUT2D eigenvalue weighted by atomic mass is 16.5. The molecule has 1 aromatic heterocycles. The number of guanidine groups is 1. The summed E-state index contributed by atoms with van der Waals surface area (Å²) in [5.74, 6) is 2.84. The Morgan fingerprint density at radius 1 is 1.14 bits per heavy atom. The van der Waals surface area contributed by atoms with Crippen molar-refractivity contribution in [2.24, 2.45) is 4.99 Å². The van der Waals surface area contributed by atoms with Gasteiger partial charge in [0.25, 0.3) is 0 Å². The van der Waals surface area contributed by atoms with Crippen molar-refractivity contribution >= 4 is 11.8 Å². The topological polar surface area (TPSA) is 61.8 Å². The molecule has 0 spiro atoms. The zero-order valence-electron chi connectivity index (χ0n) is 17.9. The summed E-state index contributed by atoms with van der Waals surface area (Å²) in [6.07, 6.45) is 5.38. The van der Waals surface area contributed by atoms with E-state index in [1.807, 2.05) is 6.20 Å². The van der Waals surface area contributed by atoms with Gasteiger partial charge < -0.3 is 20.3 Å². The average molecular weight is 396 g/mol. The van der Waals surface area contributed by atoms with Crippen molar-refractivity contribution in [3.63, 3.8) is 0 Å². The van der Waals surface area contributed by atoms with Crippen molar-refractivity contribution in [3.05, 3.63) is 53.2 Å². The van der Waals surface area contributed by atoms with Crippen LogP contribution in [0.1, 0.15) is 36.5 Å². The molecule has 2 aromatic rings. The molecule has 0 bridgehead atoms. The summed E-state index contributed by atoms with van der Waals surface area (Å²) in [6.45, 7) is 8.62. The summed E-state index contributed by atoms with van der Waals surface area (Å²) in [5, 5.41) is 6.73. The van der Waals surface area contributed by atoms with E-state index in [9.17, 15) is 0 Å². The van der Waals surface area contributed by atoms with Gasteiger partial charge in [0.05, 0.1) is 13.7 Å². The Morgan fingerprint density at radius 3 is 2.62 bits per heavy atom. The van der Waals surface area contributed by atoms with E-state index in [4.69, 9.17) is 9.73 Å². The molecule has 2 N–H and O–H groups in total. The molecule has 0 radical (unpaired) electrons. The lowest BCUT2D eigenvalue weighted by atomic mass is 10.1. The van der Waals surface area contributed by atoms with Gasteiger partial charge in [-0.3, -0.25) is 0 Å². The van der Waals surface area contributed by atoms with Gasteiger partial charge in [0.1, 0.15) is 11.6 Å². The SMILES string of the molecule is CCNC(=NCc1ccc(N2CCCC2)nc1)NCCc1ccc(C)c(OC)c1. The van der Waals surface area contributed by atoms with Crippen molar-refractivity contribution in [2.45, 2.75) is 39.7 Å². The molecule has 2 heterocycles. The van der Waals surface area contributed by atoms with Gasteiger partial charge in [-0.25, -0.2) is 9.98 Å². The van der Waals surface area contributed by atoms with Crippen molar-refractivity contribution in [1.29, 1.82) is 0 Å². The minimum atomic E-state index is 0.612. The van der Waals surface area contributed by atoms with Gasteiger partial charge in [-0.2, -0.15) is 0 Å². The van der Waals surface area contributed by atoms with Crippen LogP contribution >= 0.6 is 0 Å². The lowest BCUT2D eigenvalue weighted by molar-refractivity contribution is 0.411. The first-order valence-electron chi connectivity index (χ1n) is 10.5. The molecule has 1 saturated heterocycles. The van der Waals surface area contributed by atoms with Crippen LogP contribution in [0.3, 0.4) is 0 Å². The Balaban J connectivity index is 1.52. The third kappa shape index (κ3) is 6.11. The fourth-order valence-corrected chi connectivity index (χ4v) is 3.50. The molecule has 6 nitrogen and oxygen atoms in total. The maximum Gasteiger partial charge on any atom is 0.191 e. The van der Waals surface area contributed by atoms with E-state index in [-0.39, 0.29) is 0 Å². The fraction of sp³-hybridized carbons (Fsp3) is 0.478. The van der Waals surface area contributed by atoms with E-state index < -0.39 is 0 Å². The monoisotopic (exact) mass is 395 g/mol. The zero-order valence-corrected chi connectivity index (χ0v) is 17.9. The Hall–Kier alpha value is -2.76. The number of benzene rings is 1. The van der Waals surface area contributed by atoms with Crippen LogP contribution in [0.5, 0.6) is 5.75 Å². The van der Waals surface area contributed by atoms with E-state index >= 15 is 0 Å². The number of anilines is 1. The summed E-state index contributed by atoms with van der Waals surface area (Å²) < 4.78 is 5.41. The number of pyridine rings is 1. The number of hydrogen-bond acceptors (Lipinski definition) is 4. The number of nitrogens with one attached hydrogen (secondary N) is 2. The van der Waals surface area contributed by atoms with Crippen LogP contribution in [0.2, 0.25) is 0 Å². The van der Waals surface area contributed by atoms with Crippen LogP contribution in [-0.2, 0) is 13.0 Å². The standard InChI is InChI=1S/C23H33N5O/c1-4-24-23(25-12-11-19-8-7-18(2)21(15-19)29-3)27-17-20-9-10-22(26-16-20)28-13-5-6-14-28/h7-10,15-16H,4-6,11-14,17H2,1-3H3,(H2,24,25,27). The number of ether oxygens (including phenoxy) is 1. The van der Waals surface area contributed by atoms with Crippen molar-refractivity contribution in [2.75, 3.05) is 38.2 Å². The van der Waals surface area contributed by atoms with Gasteiger partial charge in [-0.15, -0.1) is 0 Å². The molecule has 0 aliphatic carbocycles. The van der Waals surface area contributed by atoms with Crippen molar-refractivity contribution in [1.82, 2.24) is 15.6 Å². The molecule has 0 atom stereocenters. The number of hydrogen-bond donors (Lipinski definition) is 2. The number of rotatable bonds is 8. The second kappa shape index (κ2) is 10.7. The fourth-order valence-electron chi connectivity index (χ4n) is 3.50. The summed E-state index contributed by atoms with van der Waals surface area (Å²) in [6, 6.07) is 10.6. The van der Waals surface area contributed by atoms with E-state index in [1.54, 1.807) is 7.11 Å². The lowest BCUT2D eigenvalue weighted by Crippen LogP contribution is -2.38. The van der Waals surface area contributed by atoms with Crippen LogP contribution in [0.15, 0.2) is 41.5 Å². The highest BCUT2D eigenvalue weighted by molar-refractivity contribution is 5.79. The quantitative estimate of drug-likeness (QED) is 0.530. The molecular formula is C23H33N5O. The van der Waals surface area contributed by atoms with Gasteiger partial charge >= 0.3 is 0 Å². The second-order valence-electron chi connectivity index (χ2n) is 7.39. The van der Waals surface area contributed by atoms with Crippen LogP contribution in [0, 0.1) is 6.92 Å². The minimum Gasteiger partial charge on any atom is -0.496 e. The molecule has 1 fully saturated rings. The Morgan fingerprint density at radius 2 is 1.93 bits per heavy atom. The average Bonchev–Trinajstić information content (AvgIpc) is 3.28. The lowest BCUT2D eigenvalue weighted by Gasteiger charge is -2.16. The summed E-state index contributed by atoms with van der Waals surface area (Å²) in [7, 11) is 1.72. The third-order valence-electron chi connectivity index (χ3n) is 5.18. The molecule has 0 saturated carbocycles. The molecule has 0 amide bonds. The molecule has 1 aliphatic heterocycles. The maximum atomic E-state index is 5.41. The first-order chi connectivity index (χ1) is 14.2. The maximum absolute atomic E-state index is 5.41. The molecule has 156 valence electrons. The predicted molar refractivity (Wildman–Crippen MR) is 120 cm³/mol. The van der Waals surface area contributed by atoms with Gasteiger partial charge in [0.15, 0.2) is 5.96 Å². The Kier molecular flexibility index (Phi) is 7.73. The highest BCUT2D eigenvalue weighted by Gasteiger charge is 2.12. The van der Waals surface area contributed by atoms with Crippen LogP contribution < -0.4 is 20.3 Å². The number of aromatic nitrogens is 1. The van der Waals surface area contributed by atoms with Gasteiger partial charge in [0, 0.05) is 32.4 Å². The summed E-state index contributed by atoms with van der Waals surface area (Å²) in [4.78, 5) is 11.7. The summed E-state index contributed by atoms with van der Waals surface area (Å²) in [5.41, 5.74) is 3.52. The number of methoxy groups -OCH3 is 1. The molecule has 0 unspecified atom stereocenters. The molecule has 29 heavy (non-hydrogen) atoms.